The molecule has 0 radical (unpaired) electrons. The van der Waals surface area contributed by atoms with Crippen LogP contribution in [-0.2, 0) is 6.18 Å². The first-order valence-electron chi connectivity index (χ1n) is 5.62. The number of rotatable bonds is 6. The van der Waals surface area contributed by atoms with Crippen molar-refractivity contribution in [1.82, 2.24) is 10.3 Å². The Kier molecular flexibility index (Phi) is 5.87. The van der Waals surface area contributed by atoms with E-state index in [0.717, 1.165) is 19.0 Å². The number of nitrogens with one attached hydrogen (secondary N) is 2. The van der Waals surface area contributed by atoms with Gasteiger partial charge in [-0.1, -0.05) is 6.92 Å². The predicted molar refractivity (Wildman–Crippen MR) is 68.6 cm³/mol. The van der Waals surface area contributed by atoms with E-state index in [1.165, 1.54) is 6.20 Å². The molecule has 0 bridgehead atoms. The van der Waals surface area contributed by atoms with Gasteiger partial charge in [-0.25, -0.2) is 4.98 Å². The highest BCUT2D eigenvalue weighted by Crippen LogP contribution is 2.35. The quantitative estimate of drug-likeness (QED) is 0.788. The van der Waals surface area contributed by atoms with Crippen LogP contribution in [0, 0.1) is 0 Å². The van der Waals surface area contributed by atoms with Crippen molar-refractivity contribution in [3.05, 3.63) is 22.3 Å². The van der Waals surface area contributed by atoms with Crippen molar-refractivity contribution in [2.24, 2.45) is 0 Å². The smallest absolute Gasteiger partial charge is 0.368 e. The monoisotopic (exact) mass is 325 g/mol. The van der Waals surface area contributed by atoms with Gasteiger partial charge in [0, 0.05) is 23.8 Å². The van der Waals surface area contributed by atoms with Crippen molar-refractivity contribution in [2.45, 2.75) is 19.5 Å². The summed E-state index contributed by atoms with van der Waals surface area (Å²) >= 11 is 2.99. The van der Waals surface area contributed by atoms with E-state index in [1.807, 2.05) is 6.92 Å². The van der Waals surface area contributed by atoms with Gasteiger partial charge >= 0.3 is 6.18 Å². The second-order valence-electron chi connectivity index (χ2n) is 3.72. The maximum Gasteiger partial charge on any atom is 0.419 e. The number of hydrogen-bond acceptors (Lipinski definition) is 3. The summed E-state index contributed by atoms with van der Waals surface area (Å²) in [6.45, 7) is 3.88. The zero-order chi connectivity index (χ0) is 13.6. The molecular weight excluding hydrogens is 311 g/mol. The predicted octanol–water partition coefficient (Wildman–Crippen LogP) is 3.27. The van der Waals surface area contributed by atoms with Gasteiger partial charge in [-0.05, 0) is 35.0 Å². The average molecular weight is 326 g/mol. The van der Waals surface area contributed by atoms with Gasteiger partial charge in [-0.2, -0.15) is 13.2 Å². The molecule has 18 heavy (non-hydrogen) atoms. The Morgan fingerprint density at radius 1 is 1.28 bits per heavy atom. The number of halogens is 4. The summed E-state index contributed by atoms with van der Waals surface area (Å²) in [5.41, 5.74) is -0.757. The number of hydrogen-bond donors (Lipinski definition) is 2. The van der Waals surface area contributed by atoms with E-state index >= 15 is 0 Å². The Morgan fingerprint density at radius 3 is 2.61 bits per heavy atom. The van der Waals surface area contributed by atoms with Gasteiger partial charge in [0.2, 0.25) is 0 Å². The number of alkyl halides is 3. The summed E-state index contributed by atoms with van der Waals surface area (Å²) in [7, 11) is 0. The average Bonchev–Trinajstić information content (AvgIpc) is 2.29. The Bertz CT molecular complexity index is 382. The number of aromatic nitrogens is 1. The molecule has 1 heterocycles. The first-order chi connectivity index (χ1) is 8.45. The lowest BCUT2D eigenvalue weighted by Crippen LogP contribution is -2.24. The lowest BCUT2D eigenvalue weighted by atomic mass is 10.2. The van der Waals surface area contributed by atoms with Crippen LogP contribution >= 0.6 is 15.9 Å². The molecule has 0 saturated heterocycles. The second kappa shape index (κ2) is 6.94. The molecular formula is C11H15BrF3N3. The molecule has 7 heteroatoms. The largest absolute Gasteiger partial charge is 0.419 e. The van der Waals surface area contributed by atoms with Crippen molar-refractivity contribution in [2.75, 3.05) is 25.0 Å². The fourth-order valence-corrected chi connectivity index (χ4v) is 1.70. The molecule has 0 amide bonds. The van der Waals surface area contributed by atoms with Crippen LogP contribution in [0.4, 0.5) is 19.0 Å². The summed E-state index contributed by atoms with van der Waals surface area (Å²) in [4.78, 5) is 3.76. The maximum absolute atomic E-state index is 12.7. The van der Waals surface area contributed by atoms with Crippen LogP contribution < -0.4 is 10.6 Å². The van der Waals surface area contributed by atoms with Gasteiger partial charge in [0.15, 0.2) is 0 Å². The second-order valence-corrected chi connectivity index (χ2v) is 4.64. The standard InChI is InChI=1S/C11H15BrF3N3/c1-2-3-16-4-5-17-10-9(11(13,14)15)6-8(12)7-18-10/h6-7,16H,2-5H2,1H3,(H,17,18). The summed E-state index contributed by atoms with van der Waals surface area (Å²) in [6, 6.07) is 1.02. The van der Waals surface area contributed by atoms with Gasteiger partial charge in [0.25, 0.3) is 0 Å². The molecule has 0 saturated carbocycles. The first-order valence-corrected chi connectivity index (χ1v) is 6.41. The summed E-state index contributed by atoms with van der Waals surface area (Å²) in [6.07, 6.45) is -2.07. The highest BCUT2D eigenvalue weighted by Gasteiger charge is 2.34. The molecule has 0 aliphatic rings. The molecule has 0 aliphatic heterocycles. The fraction of sp³-hybridized carbons (Fsp3) is 0.545. The number of nitrogens with zero attached hydrogens (tertiary/aromatic N) is 1. The molecule has 102 valence electrons. The minimum Gasteiger partial charge on any atom is -0.368 e. The fourth-order valence-electron chi connectivity index (χ4n) is 1.37. The van der Waals surface area contributed by atoms with E-state index in [9.17, 15) is 13.2 Å². The Morgan fingerprint density at radius 2 is 2.00 bits per heavy atom. The molecule has 0 unspecified atom stereocenters. The van der Waals surface area contributed by atoms with Gasteiger partial charge in [-0.15, -0.1) is 0 Å². The van der Waals surface area contributed by atoms with Crippen LogP contribution in [0.5, 0.6) is 0 Å². The molecule has 1 rings (SSSR count). The third-order valence-corrected chi connectivity index (χ3v) is 2.61. The van der Waals surface area contributed by atoms with Crippen molar-refractivity contribution in [1.29, 1.82) is 0 Å². The Hall–Kier alpha value is -0.820. The third-order valence-electron chi connectivity index (χ3n) is 2.18. The summed E-state index contributed by atoms with van der Waals surface area (Å²) in [5.74, 6) is -0.135. The number of anilines is 1. The van der Waals surface area contributed by atoms with Crippen LogP contribution in [0.15, 0.2) is 16.7 Å². The van der Waals surface area contributed by atoms with Crippen LogP contribution in [0.25, 0.3) is 0 Å². The van der Waals surface area contributed by atoms with E-state index in [0.29, 0.717) is 17.6 Å². The van der Waals surface area contributed by atoms with Crippen molar-refractivity contribution >= 4 is 21.7 Å². The van der Waals surface area contributed by atoms with Gasteiger partial charge in [0.1, 0.15) is 5.82 Å². The van der Waals surface area contributed by atoms with Gasteiger partial charge in [-0.3, -0.25) is 0 Å². The van der Waals surface area contributed by atoms with Crippen molar-refractivity contribution in [3.63, 3.8) is 0 Å². The van der Waals surface area contributed by atoms with E-state index in [1.54, 1.807) is 0 Å². The van der Waals surface area contributed by atoms with Crippen molar-refractivity contribution < 1.29 is 13.2 Å². The molecule has 0 aromatic carbocycles. The highest BCUT2D eigenvalue weighted by atomic mass is 79.9. The van der Waals surface area contributed by atoms with Crippen molar-refractivity contribution in [3.8, 4) is 0 Å². The maximum atomic E-state index is 12.7. The SMILES string of the molecule is CCCNCCNc1ncc(Br)cc1C(F)(F)F. The lowest BCUT2D eigenvalue weighted by Gasteiger charge is -2.14. The third kappa shape index (κ3) is 4.81. The zero-order valence-electron chi connectivity index (χ0n) is 9.94. The van der Waals surface area contributed by atoms with Crippen LogP contribution in [0.3, 0.4) is 0 Å². The van der Waals surface area contributed by atoms with Gasteiger partial charge < -0.3 is 10.6 Å². The van der Waals surface area contributed by atoms with Crippen LogP contribution in [0.1, 0.15) is 18.9 Å². The molecule has 1 aromatic heterocycles. The van der Waals surface area contributed by atoms with E-state index in [4.69, 9.17) is 0 Å². The molecule has 3 nitrogen and oxygen atoms in total. The number of pyridine rings is 1. The highest BCUT2D eigenvalue weighted by molar-refractivity contribution is 9.10. The topological polar surface area (TPSA) is 37.0 Å². The molecule has 1 aromatic rings. The van der Waals surface area contributed by atoms with E-state index < -0.39 is 11.7 Å². The van der Waals surface area contributed by atoms with Crippen LogP contribution in [0.2, 0.25) is 0 Å². The molecule has 0 spiro atoms. The minimum absolute atomic E-state index is 0.135. The van der Waals surface area contributed by atoms with E-state index in [-0.39, 0.29) is 5.82 Å². The van der Waals surface area contributed by atoms with E-state index in [2.05, 4.69) is 31.5 Å². The summed E-state index contributed by atoms with van der Waals surface area (Å²) in [5, 5.41) is 5.79. The minimum atomic E-state index is -4.41. The molecule has 0 atom stereocenters. The van der Waals surface area contributed by atoms with Gasteiger partial charge in [0.05, 0.1) is 5.56 Å². The Balaban J connectivity index is 2.65. The zero-order valence-corrected chi connectivity index (χ0v) is 11.5. The Labute approximate surface area is 112 Å². The molecule has 2 N–H and O–H groups in total. The lowest BCUT2D eigenvalue weighted by molar-refractivity contribution is -0.137. The summed E-state index contributed by atoms with van der Waals surface area (Å²) < 4.78 is 38.5. The van der Waals surface area contributed by atoms with Crippen LogP contribution in [-0.4, -0.2) is 24.6 Å². The molecule has 0 fully saturated rings. The first kappa shape index (κ1) is 15.2. The molecule has 0 aliphatic carbocycles. The normalized spacial score (nSPS) is 11.6.